The Kier molecular flexibility index (Phi) is 4.45. The first-order valence-electron chi connectivity index (χ1n) is 4.38. The van der Waals surface area contributed by atoms with E-state index in [4.69, 9.17) is 4.74 Å². The van der Waals surface area contributed by atoms with Crippen LogP contribution in [0.15, 0.2) is 18.2 Å². The zero-order valence-corrected chi connectivity index (χ0v) is 8.24. The van der Waals surface area contributed by atoms with Crippen molar-refractivity contribution in [2.45, 2.75) is 6.10 Å². The van der Waals surface area contributed by atoms with Gasteiger partial charge in [0.25, 0.3) is 0 Å². The van der Waals surface area contributed by atoms with Gasteiger partial charge in [-0.25, -0.2) is 8.78 Å². The molecule has 0 bridgehead atoms. The van der Waals surface area contributed by atoms with E-state index in [0.29, 0.717) is 0 Å². The third-order valence-corrected chi connectivity index (χ3v) is 1.68. The van der Waals surface area contributed by atoms with Gasteiger partial charge in [-0.3, -0.25) is 0 Å². The lowest BCUT2D eigenvalue weighted by Gasteiger charge is -2.11. The van der Waals surface area contributed by atoms with Crippen molar-refractivity contribution in [1.29, 1.82) is 0 Å². The molecule has 1 rings (SSSR count). The summed E-state index contributed by atoms with van der Waals surface area (Å²) in [6, 6.07) is 2.88. The maximum atomic E-state index is 13.0. The van der Waals surface area contributed by atoms with Crippen LogP contribution in [0.2, 0.25) is 0 Å². The van der Waals surface area contributed by atoms with Crippen molar-refractivity contribution < 1.29 is 23.4 Å². The van der Waals surface area contributed by atoms with E-state index < -0.39 is 17.7 Å². The molecule has 1 atom stereocenters. The van der Waals surface area contributed by atoms with Gasteiger partial charge in [0.2, 0.25) is 0 Å². The Morgan fingerprint density at radius 3 is 2.73 bits per heavy atom. The molecule has 0 saturated carbocycles. The van der Waals surface area contributed by atoms with Crippen LogP contribution in [0, 0.1) is 11.6 Å². The topological polar surface area (TPSA) is 38.7 Å². The standard InChI is InChI=1S/C10H12F2O3/c1-14-5-8(13)6-15-10-4-7(11)2-3-9(10)12/h2-4,8,13H,5-6H2,1H3. The van der Waals surface area contributed by atoms with Gasteiger partial charge >= 0.3 is 0 Å². The Balaban J connectivity index is 2.53. The zero-order valence-electron chi connectivity index (χ0n) is 8.24. The predicted octanol–water partition coefficient (Wildman–Crippen LogP) is 1.35. The Morgan fingerprint density at radius 2 is 2.07 bits per heavy atom. The van der Waals surface area contributed by atoms with E-state index in [9.17, 15) is 13.9 Å². The molecule has 0 radical (unpaired) electrons. The van der Waals surface area contributed by atoms with Crippen LogP contribution in [-0.4, -0.2) is 31.5 Å². The highest BCUT2D eigenvalue weighted by Crippen LogP contribution is 2.17. The molecule has 0 aliphatic carbocycles. The van der Waals surface area contributed by atoms with E-state index in [1.54, 1.807) is 0 Å². The largest absolute Gasteiger partial charge is 0.488 e. The molecule has 3 nitrogen and oxygen atoms in total. The van der Waals surface area contributed by atoms with Crippen LogP contribution < -0.4 is 4.74 Å². The quantitative estimate of drug-likeness (QED) is 0.810. The Labute approximate surface area is 86.2 Å². The SMILES string of the molecule is COCC(O)COc1cc(F)ccc1F. The molecule has 0 spiro atoms. The minimum absolute atomic E-state index is 0.0803. The summed E-state index contributed by atoms with van der Waals surface area (Å²) >= 11 is 0. The van der Waals surface area contributed by atoms with Crippen LogP contribution in [0.1, 0.15) is 0 Å². The van der Waals surface area contributed by atoms with Gasteiger partial charge in [-0.05, 0) is 12.1 Å². The van der Waals surface area contributed by atoms with Crippen LogP contribution in [0.5, 0.6) is 5.75 Å². The summed E-state index contributed by atoms with van der Waals surface area (Å²) in [6.07, 6.45) is -0.863. The van der Waals surface area contributed by atoms with Crippen molar-refractivity contribution in [3.05, 3.63) is 29.8 Å². The fraction of sp³-hybridized carbons (Fsp3) is 0.400. The molecular formula is C10H12F2O3. The second-order valence-corrected chi connectivity index (χ2v) is 2.99. The van der Waals surface area contributed by atoms with Gasteiger partial charge in [0.1, 0.15) is 18.5 Å². The Morgan fingerprint density at radius 1 is 1.33 bits per heavy atom. The number of ether oxygens (including phenoxy) is 2. The summed E-state index contributed by atoms with van der Waals surface area (Å²) in [5, 5.41) is 9.20. The summed E-state index contributed by atoms with van der Waals surface area (Å²) in [5.41, 5.74) is 0. The molecule has 5 heteroatoms. The third-order valence-electron chi connectivity index (χ3n) is 1.68. The number of rotatable bonds is 5. The minimum Gasteiger partial charge on any atom is -0.488 e. The van der Waals surface area contributed by atoms with Crippen LogP contribution in [0.3, 0.4) is 0 Å². The number of benzene rings is 1. The smallest absolute Gasteiger partial charge is 0.165 e. The molecule has 1 aromatic carbocycles. The number of halogens is 2. The van der Waals surface area contributed by atoms with E-state index in [0.717, 1.165) is 18.2 Å². The molecule has 0 aliphatic heterocycles. The maximum Gasteiger partial charge on any atom is 0.165 e. The lowest BCUT2D eigenvalue weighted by atomic mass is 10.3. The molecule has 0 heterocycles. The maximum absolute atomic E-state index is 13.0. The molecule has 15 heavy (non-hydrogen) atoms. The van der Waals surface area contributed by atoms with Crippen molar-refractivity contribution >= 4 is 0 Å². The van der Waals surface area contributed by atoms with Gasteiger partial charge in [-0.15, -0.1) is 0 Å². The van der Waals surface area contributed by atoms with Gasteiger partial charge in [0.15, 0.2) is 11.6 Å². The number of methoxy groups -OCH3 is 1. The Hall–Kier alpha value is -1.20. The third kappa shape index (κ3) is 3.81. The van der Waals surface area contributed by atoms with Crippen molar-refractivity contribution in [1.82, 2.24) is 0 Å². The highest BCUT2D eigenvalue weighted by molar-refractivity contribution is 5.24. The van der Waals surface area contributed by atoms with Crippen LogP contribution in [-0.2, 0) is 4.74 Å². The van der Waals surface area contributed by atoms with Crippen LogP contribution in [0.4, 0.5) is 8.78 Å². The molecule has 1 unspecified atom stereocenters. The average Bonchev–Trinajstić information content (AvgIpc) is 2.20. The number of aliphatic hydroxyl groups is 1. The van der Waals surface area contributed by atoms with Crippen molar-refractivity contribution in [3.8, 4) is 5.75 Å². The first kappa shape index (κ1) is 11.9. The van der Waals surface area contributed by atoms with E-state index in [1.165, 1.54) is 7.11 Å². The van der Waals surface area contributed by atoms with Gasteiger partial charge in [0.05, 0.1) is 6.61 Å². The molecule has 84 valence electrons. The predicted molar refractivity (Wildman–Crippen MR) is 49.7 cm³/mol. The van der Waals surface area contributed by atoms with Gasteiger partial charge in [-0.1, -0.05) is 0 Å². The monoisotopic (exact) mass is 218 g/mol. The number of aliphatic hydroxyl groups excluding tert-OH is 1. The summed E-state index contributed by atoms with van der Waals surface area (Å²) < 4.78 is 35.2. The van der Waals surface area contributed by atoms with Gasteiger partial charge < -0.3 is 14.6 Å². The first-order chi connectivity index (χ1) is 7.13. The van der Waals surface area contributed by atoms with Crippen molar-refractivity contribution in [2.75, 3.05) is 20.3 Å². The fourth-order valence-corrected chi connectivity index (χ4v) is 1.01. The lowest BCUT2D eigenvalue weighted by molar-refractivity contribution is 0.0315. The van der Waals surface area contributed by atoms with E-state index in [1.807, 2.05) is 0 Å². The first-order valence-corrected chi connectivity index (χ1v) is 4.38. The van der Waals surface area contributed by atoms with Gasteiger partial charge in [-0.2, -0.15) is 0 Å². The molecule has 0 fully saturated rings. The average molecular weight is 218 g/mol. The van der Waals surface area contributed by atoms with Crippen LogP contribution >= 0.6 is 0 Å². The lowest BCUT2D eigenvalue weighted by Crippen LogP contribution is -2.22. The molecule has 0 amide bonds. The van der Waals surface area contributed by atoms with E-state index >= 15 is 0 Å². The highest BCUT2D eigenvalue weighted by atomic mass is 19.1. The highest BCUT2D eigenvalue weighted by Gasteiger charge is 2.08. The van der Waals surface area contributed by atoms with Gasteiger partial charge in [0, 0.05) is 13.2 Å². The number of hydrogen-bond acceptors (Lipinski definition) is 3. The summed E-state index contributed by atoms with van der Waals surface area (Å²) in [7, 11) is 1.42. The van der Waals surface area contributed by atoms with Crippen LogP contribution in [0.25, 0.3) is 0 Å². The second kappa shape index (κ2) is 5.63. The molecule has 0 aromatic heterocycles. The van der Waals surface area contributed by atoms with E-state index in [2.05, 4.69) is 4.74 Å². The molecule has 0 aliphatic rings. The summed E-state index contributed by atoms with van der Waals surface area (Å²) in [4.78, 5) is 0. The molecular weight excluding hydrogens is 206 g/mol. The number of hydrogen-bond donors (Lipinski definition) is 1. The van der Waals surface area contributed by atoms with Crippen molar-refractivity contribution in [3.63, 3.8) is 0 Å². The summed E-state index contributed by atoms with van der Waals surface area (Å²) in [6.45, 7) is -0.0643. The molecule has 1 aromatic rings. The summed E-state index contributed by atoms with van der Waals surface area (Å²) in [5.74, 6) is -1.47. The second-order valence-electron chi connectivity index (χ2n) is 2.99. The Bertz CT molecular complexity index is 318. The minimum atomic E-state index is -0.863. The molecule has 0 saturated heterocycles. The fourth-order valence-electron chi connectivity index (χ4n) is 1.01. The van der Waals surface area contributed by atoms with Crippen molar-refractivity contribution in [2.24, 2.45) is 0 Å². The normalized spacial score (nSPS) is 12.5. The zero-order chi connectivity index (χ0) is 11.3. The molecule has 1 N–H and O–H groups in total. The van der Waals surface area contributed by atoms with E-state index in [-0.39, 0.29) is 19.0 Å².